The molecule has 0 heterocycles. The Bertz CT molecular complexity index is 745. The lowest BCUT2D eigenvalue weighted by Gasteiger charge is -2.04. The first-order chi connectivity index (χ1) is 11.6. The molecule has 0 aromatic heterocycles. The monoisotopic (exact) mass is 345 g/mol. The first kappa shape index (κ1) is 17.5. The van der Waals surface area contributed by atoms with Gasteiger partial charge < -0.3 is 10.1 Å². The molecule has 124 valence electrons. The summed E-state index contributed by atoms with van der Waals surface area (Å²) in [7, 11) is 1.58. The number of hydrogen-bond acceptors (Lipinski definition) is 4. The fourth-order valence-electron chi connectivity index (χ4n) is 1.83. The number of benzene rings is 2. The number of nitrogens with zero attached hydrogens (tertiary/aromatic N) is 1. The van der Waals surface area contributed by atoms with Crippen molar-refractivity contribution in [2.45, 2.75) is 6.42 Å². The molecule has 24 heavy (non-hydrogen) atoms. The summed E-state index contributed by atoms with van der Waals surface area (Å²) in [5.74, 6) is -0.234. The van der Waals surface area contributed by atoms with Gasteiger partial charge >= 0.3 is 0 Å². The maximum Gasteiger partial charge on any atom is 0.249 e. The zero-order valence-corrected chi connectivity index (χ0v) is 13.7. The van der Waals surface area contributed by atoms with Crippen LogP contribution in [0.5, 0.6) is 5.75 Å². The molecule has 0 aliphatic heterocycles. The number of carbonyl (C=O) groups excluding carboxylic acids is 2. The van der Waals surface area contributed by atoms with Crippen LogP contribution >= 0.6 is 11.6 Å². The van der Waals surface area contributed by atoms with Crippen molar-refractivity contribution in [1.82, 2.24) is 5.43 Å². The smallest absolute Gasteiger partial charge is 0.249 e. The van der Waals surface area contributed by atoms with E-state index < -0.39 is 11.8 Å². The molecule has 2 amide bonds. The Morgan fingerprint density at radius 3 is 2.58 bits per heavy atom. The van der Waals surface area contributed by atoms with Crippen LogP contribution in [0.25, 0.3) is 0 Å². The van der Waals surface area contributed by atoms with Crippen LogP contribution in [0.3, 0.4) is 0 Å². The number of hydrogen-bond donors (Lipinski definition) is 2. The molecule has 2 rings (SSSR count). The van der Waals surface area contributed by atoms with Crippen LogP contribution in [-0.2, 0) is 9.59 Å². The minimum absolute atomic E-state index is 0.341. The number of ether oxygens (including phenoxy) is 1. The molecule has 2 aromatic carbocycles. The molecule has 0 radical (unpaired) electrons. The van der Waals surface area contributed by atoms with E-state index in [2.05, 4.69) is 15.8 Å². The molecule has 0 saturated carbocycles. The zero-order valence-electron chi connectivity index (χ0n) is 13.0. The lowest BCUT2D eigenvalue weighted by Crippen LogP contribution is -2.24. The van der Waals surface area contributed by atoms with E-state index in [4.69, 9.17) is 16.3 Å². The summed E-state index contributed by atoms with van der Waals surface area (Å²) in [6.07, 6.45) is 1.14. The Balaban J connectivity index is 1.79. The van der Waals surface area contributed by atoms with E-state index in [1.807, 2.05) is 0 Å². The first-order valence-electron chi connectivity index (χ1n) is 7.08. The van der Waals surface area contributed by atoms with Crippen LogP contribution in [-0.4, -0.2) is 25.1 Å². The van der Waals surface area contributed by atoms with Crippen molar-refractivity contribution in [3.05, 3.63) is 59.1 Å². The van der Waals surface area contributed by atoms with Gasteiger partial charge in [0, 0.05) is 10.7 Å². The maximum absolute atomic E-state index is 11.8. The van der Waals surface area contributed by atoms with Gasteiger partial charge in [-0.3, -0.25) is 9.59 Å². The van der Waals surface area contributed by atoms with E-state index in [1.165, 1.54) is 6.21 Å². The van der Waals surface area contributed by atoms with Gasteiger partial charge in [-0.15, -0.1) is 0 Å². The quantitative estimate of drug-likeness (QED) is 0.480. The predicted octanol–water partition coefficient (Wildman–Crippen LogP) is 2.83. The summed E-state index contributed by atoms with van der Waals surface area (Å²) < 4.78 is 5.04. The van der Waals surface area contributed by atoms with Gasteiger partial charge in [0.2, 0.25) is 11.8 Å². The molecule has 2 aromatic rings. The van der Waals surface area contributed by atoms with E-state index in [9.17, 15) is 9.59 Å². The Morgan fingerprint density at radius 2 is 1.92 bits per heavy atom. The van der Waals surface area contributed by atoms with Gasteiger partial charge in [-0.1, -0.05) is 17.7 Å². The SMILES string of the molecule is COc1ccc(/C=N\NC(=O)CC(=O)Nc2cccc(Cl)c2)cc1. The molecule has 0 fully saturated rings. The summed E-state index contributed by atoms with van der Waals surface area (Å²) in [4.78, 5) is 23.4. The summed E-state index contributed by atoms with van der Waals surface area (Å²) in [5.41, 5.74) is 3.62. The second-order valence-electron chi connectivity index (χ2n) is 4.80. The van der Waals surface area contributed by atoms with Crippen molar-refractivity contribution >= 4 is 35.3 Å². The van der Waals surface area contributed by atoms with Crippen LogP contribution in [0.1, 0.15) is 12.0 Å². The highest BCUT2D eigenvalue weighted by Crippen LogP contribution is 2.15. The van der Waals surface area contributed by atoms with E-state index in [0.717, 1.165) is 11.3 Å². The standard InChI is InChI=1S/C17H16ClN3O3/c1-24-15-7-5-12(6-8-15)11-19-21-17(23)10-16(22)20-14-4-2-3-13(18)9-14/h2-9,11H,10H2,1H3,(H,20,22)(H,21,23)/b19-11-. The fraction of sp³-hybridized carbons (Fsp3) is 0.118. The highest BCUT2D eigenvalue weighted by molar-refractivity contribution is 6.30. The molecule has 6 nitrogen and oxygen atoms in total. The number of methoxy groups -OCH3 is 1. The lowest BCUT2D eigenvalue weighted by molar-refractivity contribution is -0.126. The number of anilines is 1. The summed E-state index contributed by atoms with van der Waals surface area (Å²) >= 11 is 5.82. The number of rotatable bonds is 6. The molecule has 0 saturated heterocycles. The average Bonchev–Trinajstić information content (AvgIpc) is 2.55. The minimum Gasteiger partial charge on any atom is -0.497 e. The Labute approximate surface area is 144 Å². The van der Waals surface area contributed by atoms with Crippen molar-refractivity contribution in [2.24, 2.45) is 5.10 Å². The van der Waals surface area contributed by atoms with E-state index >= 15 is 0 Å². The van der Waals surface area contributed by atoms with E-state index in [0.29, 0.717) is 10.7 Å². The van der Waals surface area contributed by atoms with Crippen LogP contribution < -0.4 is 15.5 Å². The van der Waals surface area contributed by atoms with Gasteiger partial charge in [0.15, 0.2) is 0 Å². The highest BCUT2D eigenvalue weighted by atomic mass is 35.5. The van der Waals surface area contributed by atoms with Crippen molar-refractivity contribution in [1.29, 1.82) is 0 Å². The van der Waals surface area contributed by atoms with Crippen molar-refractivity contribution in [2.75, 3.05) is 12.4 Å². The number of carbonyl (C=O) groups is 2. The van der Waals surface area contributed by atoms with Gasteiger partial charge in [0.25, 0.3) is 0 Å². The number of hydrazone groups is 1. The van der Waals surface area contributed by atoms with Crippen LogP contribution in [0.2, 0.25) is 5.02 Å². The van der Waals surface area contributed by atoms with Gasteiger partial charge in [-0.05, 0) is 48.0 Å². The molecule has 0 bridgehead atoms. The third kappa shape index (κ3) is 5.73. The van der Waals surface area contributed by atoms with Crippen LogP contribution in [0.4, 0.5) is 5.69 Å². The second kappa shape index (κ2) is 8.69. The third-order valence-corrected chi connectivity index (χ3v) is 3.18. The van der Waals surface area contributed by atoms with E-state index in [1.54, 1.807) is 55.6 Å². The topological polar surface area (TPSA) is 79.8 Å². The average molecular weight is 346 g/mol. The number of amides is 2. The number of halogens is 1. The van der Waals surface area contributed by atoms with E-state index in [-0.39, 0.29) is 6.42 Å². The van der Waals surface area contributed by atoms with Crippen molar-refractivity contribution < 1.29 is 14.3 Å². The fourth-order valence-corrected chi connectivity index (χ4v) is 2.02. The molecule has 0 unspecified atom stereocenters. The largest absolute Gasteiger partial charge is 0.497 e. The van der Waals surface area contributed by atoms with Gasteiger partial charge in [0.1, 0.15) is 12.2 Å². The van der Waals surface area contributed by atoms with Gasteiger partial charge in [0.05, 0.1) is 13.3 Å². The Hall–Kier alpha value is -2.86. The van der Waals surface area contributed by atoms with Gasteiger partial charge in [-0.25, -0.2) is 5.43 Å². The molecular formula is C17H16ClN3O3. The molecule has 7 heteroatoms. The van der Waals surface area contributed by atoms with Crippen molar-refractivity contribution in [3.8, 4) is 5.75 Å². The molecule has 0 atom stereocenters. The molecule has 0 spiro atoms. The Morgan fingerprint density at radius 1 is 1.17 bits per heavy atom. The highest BCUT2D eigenvalue weighted by Gasteiger charge is 2.09. The van der Waals surface area contributed by atoms with Crippen LogP contribution in [0, 0.1) is 0 Å². The predicted molar refractivity (Wildman–Crippen MR) is 93.4 cm³/mol. The van der Waals surface area contributed by atoms with Gasteiger partial charge in [-0.2, -0.15) is 5.10 Å². The molecule has 0 aliphatic rings. The summed E-state index contributed by atoms with van der Waals surface area (Å²) in [6, 6.07) is 13.8. The minimum atomic E-state index is -0.515. The molecule has 0 aliphatic carbocycles. The van der Waals surface area contributed by atoms with Crippen molar-refractivity contribution in [3.63, 3.8) is 0 Å². The number of nitrogens with one attached hydrogen (secondary N) is 2. The summed E-state index contributed by atoms with van der Waals surface area (Å²) in [6.45, 7) is 0. The first-order valence-corrected chi connectivity index (χ1v) is 7.46. The second-order valence-corrected chi connectivity index (χ2v) is 5.24. The zero-order chi connectivity index (χ0) is 17.4. The lowest BCUT2D eigenvalue weighted by atomic mass is 10.2. The maximum atomic E-state index is 11.8. The Kier molecular flexibility index (Phi) is 6.33. The third-order valence-electron chi connectivity index (χ3n) is 2.95. The molecular weight excluding hydrogens is 330 g/mol. The molecule has 2 N–H and O–H groups in total. The summed E-state index contributed by atoms with van der Waals surface area (Å²) in [5, 5.41) is 6.89. The normalized spacial score (nSPS) is 10.4. The van der Waals surface area contributed by atoms with Crippen LogP contribution in [0.15, 0.2) is 53.6 Å².